The van der Waals surface area contributed by atoms with Crippen LogP contribution in [0, 0.1) is 0 Å². The Hall–Kier alpha value is -2.34. The molecule has 45 heavy (non-hydrogen) atoms. The van der Waals surface area contributed by atoms with E-state index in [0.29, 0.717) is 4.90 Å². The third-order valence-corrected chi connectivity index (χ3v) is 7.10. The third-order valence-electron chi connectivity index (χ3n) is 5.83. The van der Waals surface area contributed by atoms with Gasteiger partial charge in [0.25, 0.3) is 10.1 Å². The molecule has 0 saturated carbocycles. The molecule has 0 bridgehead atoms. The molecule has 0 aromatic carbocycles. The molecule has 0 N–H and O–H groups in total. The Morgan fingerprint density at radius 1 is 0.733 bits per heavy atom. The minimum absolute atomic E-state index is 0.0563. The molecular formula is C20H20F17NO6S. The molecular weight excluding hydrogens is 705 g/mol. The second kappa shape index (κ2) is 11.7. The first-order valence-electron chi connectivity index (χ1n) is 11.5. The van der Waals surface area contributed by atoms with E-state index in [0.717, 1.165) is 0 Å². The topological polar surface area (TPSA) is 90.0 Å². The summed E-state index contributed by atoms with van der Waals surface area (Å²) >= 11 is 0. The van der Waals surface area contributed by atoms with Crippen molar-refractivity contribution in [1.82, 2.24) is 4.90 Å². The fourth-order valence-corrected chi connectivity index (χ4v) is 4.57. The predicted octanol–water partition coefficient (Wildman–Crippen LogP) is 6.31. The van der Waals surface area contributed by atoms with Gasteiger partial charge in [0.15, 0.2) is 0 Å². The number of aldehydes is 1. The Labute approximate surface area is 241 Å². The van der Waals surface area contributed by atoms with Crippen LogP contribution in [-0.2, 0) is 23.8 Å². The summed E-state index contributed by atoms with van der Waals surface area (Å²) in [6.07, 6.45) is -14.9. The van der Waals surface area contributed by atoms with Crippen molar-refractivity contribution in [3.05, 3.63) is 0 Å². The molecule has 1 amide bonds. The van der Waals surface area contributed by atoms with Gasteiger partial charge in [0, 0.05) is 12.8 Å². The molecule has 0 radical (unpaired) electrons. The van der Waals surface area contributed by atoms with Gasteiger partial charge in [-0.1, -0.05) is 0 Å². The molecule has 1 aliphatic heterocycles. The monoisotopic (exact) mass is 725 g/mol. The molecule has 0 aromatic rings. The highest BCUT2D eigenvalue weighted by molar-refractivity contribution is 7.86. The summed E-state index contributed by atoms with van der Waals surface area (Å²) in [4.78, 5) is 23.9. The van der Waals surface area contributed by atoms with Gasteiger partial charge in [0.05, 0.1) is 24.4 Å². The standard InChI is InChI=1S/C20H20F17NO6S/c1-12(2,3)43-11(40)38-7-10(6-9(38)8-39)44-45(41,42)5-4-13(21,22)14(23,24)15(25,26)16(27,28)17(29,30)18(31,32)19(33,34)20(35,36)37/h8-10H,4-7H2,1-3H3/t9-,10+/m0/s1. The van der Waals surface area contributed by atoms with Crippen LogP contribution >= 0.6 is 0 Å². The molecule has 0 aliphatic carbocycles. The Kier molecular flexibility index (Phi) is 10.6. The average Bonchev–Trinajstić information content (AvgIpc) is 3.22. The highest BCUT2D eigenvalue weighted by Crippen LogP contribution is 2.64. The second-order valence-electron chi connectivity index (χ2n) is 10.5. The van der Waals surface area contributed by atoms with Crippen molar-refractivity contribution >= 4 is 22.5 Å². The first kappa shape index (κ1) is 40.7. The van der Waals surface area contributed by atoms with E-state index in [4.69, 9.17) is 4.74 Å². The van der Waals surface area contributed by atoms with E-state index < -0.39 is 107 Å². The van der Waals surface area contributed by atoms with E-state index in [1.807, 2.05) is 0 Å². The van der Waals surface area contributed by atoms with Crippen LogP contribution in [0.1, 0.15) is 33.6 Å². The van der Waals surface area contributed by atoms with Gasteiger partial charge in [-0.15, -0.1) is 0 Å². The zero-order chi connectivity index (χ0) is 36.3. The van der Waals surface area contributed by atoms with Gasteiger partial charge >= 0.3 is 53.7 Å². The molecule has 0 spiro atoms. The largest absolute Gasteiger partial charge is 0.460 e. The van der Waals surface area contributed by atoms with E-state index in [1.54, 1.807) is 0 Å². The lowest BCUT2D eigenvalue weighted by Gasteiger charge is -2.42. The summed E-state index contributed by atoms with van der Waals surface area (Å²) < 4.78 is 260. The SMILES string of the molecule is CC(C)(C)OC(=O)N1C[C@H](OS(=O)(=O)CCC(F)(F)C(F)(F)C(F)(F)C(F)(F)C(F)(F)C(F)(F)C(F)(F)C(F)(F)F)C[C@H]1C=O. The Balaban J connectivity index is 3.26. The van der Waals surface area contributed by atoms with Crippen molar-refractivity contribution in [3.8, 4) is 0 Å². The number of likely N-dealkylation sites (tertiary alicyclic amines) is 1. The zero-order valence-corrected chi connectivity index (χ0v) is 23.1. The molecule has 1 aliphatic rings. The number of hydrogen-bond donors (Lipinski definition) is 0. The lowest BCUT2D eigenvalue weighted by atomic mass is 9.88. The molecule has 2 atom stereocenters. The maximum atomic E-state index is 14.1. The van der Waals surface area contributed by atoms with Crippen LogP contribution in [0.3, 0.4) is 0 Å². The van der Waals surface area contributed by atoms with Gasteiger partial charge in [-0.2, -0.15) is 83.1 Å². The minimum atomic E-state index is -8.81. The maximum absolute atomic E-state index is 14.1. The summed E-state index contributed by atoms with van der Waals surface area (Å²) in [6.45, 7) is 3.21. The average molecular weight is 725 g/mol. The fourth-order valence-electron chi connectivity index (χ4n) is 3.42. The minimum Gasteiger partial charge on any atom is -0.444 e. The molecule has 1 fully saturated rings. The van der Waals surface area contributed by atoms with E-state index in [2.05, 4.69) is 4.18 Å². The molecule has 0 unspecified atom stereocenters. The number of hydrogen-bond acceptors (Lipinski definition) is 6. The van der Waals surface area contributed by atoms with E-state index in [1.165, 1.54) is 20.8 Å². The summed E-state index contributed by atoms with van der Waals surface area (Å²) in [7, 11) is -5.68. The van der Waals surface area contributed by atoms with Gasteiger partial charge in [-0.25, -0.2) is 4.79 Å². The van der Waals surface area contributed by atoms with Gasteiger partial charge in [-0.05, 0) is 20.8 Å². The van der Waals surface area contributed by atoms with Crippen LogP contribution in [0.4, 0.5) is 79.4 Å². The van der Waals surface area contributed by atoms with Crippen molar-refractivity contribution < 1.29 is 102 Å². The van der Waals surface area contributed by atoms with Crippen molar-refractivity contribution in [2.45, 2.75) is 99.0 Å². The summed E-state index contributed by atoms with van der Waals surface area (Å²) in [5, 5.41) is 0. The van der Waals surface area contributed by atoms with Crippen molar-refractivity contribution in [2.24, 2.45) is 0 Å². The zero-order valence-electron chi connectivity index (χ0n) is 22.3. The van der Waals surface area contributed by atoms with Crippen molar-refractivity contribution in [2.75, 3.05) is 12.3 Å². The maximum Gasteiger partial charge on any atom is 0.460 e. The smallest absolute Gasteiger partial charge is 0.444 e. The quantitative estimate of drug-likeness (QED) is 0.133. The number of alkyl halides is 17. The molecule has 1 heterocycles. The van der Waals surface area contributed by atoms with Gasteiger partial charge in [0.2, 0.25) is 0 Å². The molecule has 25 heteroatoms. The molecule has 7 nitrogen and oxygen atoms in total. The number of carbonyl (C=O) groups is 2. The summed E-state index contributed by atoms with van der Waals surface area (Å²) in [6, 6.07) is -1.49. The highest BCUT2D eigenvalue weighted by Gasteiger charge is 2.95. The highest BCUT2D eigenvalue weighted by atomic mass is 32.2. The first-order chi connectivity index (χ1) is 19.5. The Bertz CT molecular complexity index is 1210. The number of rotatable bonds is 12. The van der Waals surface area contributed by atoms with Crippen LogP contribution in [0.25, 0.3) is 0 Å². The predicted molar refractivity (Wildman–Crippen MR) is 111 cm³/mol. The summed E-state index contributed by atoms with van der Waals surface area (Å²) in [5.74, 6) is -60.7. The lowest BCUT2D eigenvalue weighted by Crippen LogP contribution is -2.74. The van der Waals surface area contributed by atoms with Crippen LogP contribution in [0.2, 0.25) is 0 Å². The lowest BCUT2D eigenvalue weighted by molar-refractivity contribution is -0.461. The fraction of sp³-hybridized carbons (Fsp3) is 0.900. The van der Waals surface area contributed by atoms with E-state index in [9.17, 15) is 92.6 Å². The van der Waals surface area contributed by atoms with Gasteiger partial charge in [0.1, 0.15) is 11.9 Å². The number of halogens is 17. The van der Waals surface area contributed by atoms with Crippen molar-refractivity contribution in [3.63, 3.8) is 0 Å². The van der Waals surface area contributed by atoms with Crippen LogP contribution in [0.15, 0.2) is 0 Å². The Morgan fingerprint density at radius 3 is 1.51 bits per heavy atom. The van der Waals surface area contributed by atoms with Crippen LogP contribution in [0.5, 0.6) is 0 Å². The second-order valence-corrected chi connectivity index (χ2v) is 12.2. The normalized spacial score (nSPS) is 20.4. The van der Waals surface area contributed by atoms with Crippen molar-refractivity contribution in [1.29, 1.82) is 0 Å². The molecule has 1 rings (SSSR count). The van der Waals surface area contributed by atoms with E-state index in [-0.39, 0.29) is 6.29 Å². The molecule has 1 saturated heterocycles. The third kappa shape index (κ3) is 7.16. The first-order valence-corrected chi connectivity index (χ1v) is 13.1. The van der Waals surface area contributed by atoms with E-state index >= 15 is 0 Å². The number of amides is 1. The van der Waals surface area contributed by atoms with Gasteiger partial charge in [-0.3, -0.25) is 9.08 Å². The van der Waals surface area contributed by atoms with Gasteiger partial charge < -0.3 is 9.53 Å². The van der Waals surface area contributed by atoms with Crippen LogP contribution in [-0.4, -0.2) is 103 Å². The van der Waals surface area contributed by atoms with Crippen LogP contribution < -0.4 is 0 Å². The number of nitrogens with zero attached hydrogens (tertiary/aromatic N) is 1. The summed E-state index contributed by atoms with van der Waals surface area (Å²) in [5.41, 5.74) is -1.18. The number of ether oxygens (including phenoxy) is 1. The number of carbonyl (C=O) groups excluding carboxylic acids is 2. The molecule has 0 aromatic heterocycles. The molecule has 266 valence electrons. The Morgan fingerprint density at radius 2 is 1.13 bits per heavy atom.